The van der Waals surface area contributed by atoms with Crippen LogP contribution < -0.4 is 16.0 Å². The zero-order chi connectivity index (χ0) is 27.1. The third-order valence-corrected chi connectivity index (χ3v) is 7.30. The Hall–Kier alpha value is -2.55. The largest absolute Gasteiger partial charge is 0.326 e. The van der Waals surface area contributed by atoms with E-state index in [1.807, 2.05) is 0 Å². The van der Waals surface area contributed by atoms with Crippen molar-refractivity contribution in [3.63, 3.8) is 0 Å². The molecule has 37 heavy (non-hydrogen) atoms. The lowest BCUT2D eigenvalue weighted by atomic mass is 10.1. The average molecular weight is 604 g/mol. The molecule has 0 saturated heterocycles. The van der Waals surface area contributed by atoms with Gasteiger partial charge in [-0.3, -0.25) is 14.4 Å². The summed E-state index contributed by atoms with van der Waals surface area (Å²) in [5.41, 5.74) is 0.952. The first-order chi connectivity index (χ1) is 17.4. The molecule has 4 rings (SSSR count). The van der Waals surface area contributed by atoms with Gasteiger partial charge in [0.05, 0.1) is 22.2 Å². The minimum atomic E-state index is -1.39. The summed E-state index contributed by atoms with van der Waals surface area (Å²) in [6.07, 6.45) is 0. The third kappa shape index (κ3) is 6.13. The second-order valence-corrected chi connectivity index (χ2v) is 11.1. The molecule has 0 aromatic heterocycles. The summed E-state index contributed by atoms with van der Waals surface area (Å²) in [5.74, 6) is -3.67. The standard InChI is InChI=1S/C25H17Cl5FN3O3/c1-11(35)32-16-3-5-19(31)20(10-16)34-23(36)17-9-15(2-4-18(17)28)33-24(37)22-21(25(22,29)30)12-6-13(26)8-14(27)7-12/h2-10,21-22H,1H3,(H,32,35)(H,33,37)(H,34,36). The molecule has 2 unspecified atom stereocenters. The van der Waals surface area contributed by atoms with Crippen LogP contribution in [0.25, 0.3) is 0 Å². The van der Waals surface area contributed by atoms with Gasteiger partial charge >= 0.3 is 0 Å². The SMILES string of the molecule is CC(=O)Nc1ccc(F)c(NC(=O)c2cc(NC(=O)C3C(c4cc(Cl)cc(Cl)c4)C3(Cl)Cl)ccc2Cl)c1. The first kappa shape index (κ1) is 27.5. The number of hydrogen-bond donors (Lipinski definition) is 3. The number of hydrogen-bond acceptors (Lipinski definition) is 3. The van der Waals surface area contributed by atoms with Gasteiger partial charge in [-0.1, -0.05) is 34.8 Å². The van der Waals surface area contributed by atoms with Crippen LogP contribution >= 0.6 is 58.0 Å². The minimum Gasteiger partial charge on any atom is -0.326 e. The lowest BCUT2D eigenvalue weighted by molar-refractivity contribution is -0.117. The van der Waals surface area contributed by atoms with Gasteiger partial charge in [0.15, 0.2) is 0 Å². The molecule has 1 aliphatic carbocycles. The van der Waals surface area contributed by atoms with Crippen LogP contribution in [0.4, 0.5) is 21.5 Å². The maximum atomic E-state index is 14.3. The molecule has 192 valence electrons. The molecule has 3 aromatic carbocycles. The summed E-state index contributed by atoms with van der Waals surface area (Å²) in [6.45, 7) is 1.30. The quantitative estimate of drug-likeness (QED) is 0.255. The number of rotatable bonds is 6. The van der Waals surface area contributed by atoms with Crippen LogP contribution in [0, 0.1) is 11.7 Å². The zero-order valence-electron chi connectivity index (χ0n) is 18.8. The number of halogens is 6. The summed E-state index contributed by atoms with van der Waals surface area (Å²) in [7, 11) is 0. The van der Waals surface area contributed by atoms with E-state index in [0.717, 1.165) is 6.07 Å². The number of anilines is 3. The van der Waals surface area contributed by atoms with Crippen molar-refractivity contribution >= 4 is 92.8 Å². The Bertz CT molecular complexity index is 1410. The lowest BCUT2D eigenvalue weighted by Crippen LogP contribution is -2.18. The number of carbonyl (C=O) groups excluding carboxylic acids is 3. The smallest absolute Gasteiger partial charge is 0.257 e. The van der Waals surface area contributed by atoms with Crippen LogP contribution in [0.1, 0.15) is 28.8 Å². The maximum Gasteiger partial charge on any atom is 0.257 e. The summed E-state index contributed by atoms with van der Waals surface area (Å²) < 4.78 is 12.9. The van der Waals surface area contributed by atoms with Crippen LogP contribution in [0.15, 0.2) is 54.6 Å². The van der Waals surface area contributed by atoms with Crippen LogP contribution in [0.5, 0.6) is 0 Å². The molecule has 12 heteroatoms. The number of carbonyl (C=O) groups is 3. The van der Waals surface area contributed by atoms with Crippen molar-refractivity contribution in [3.8, 4) is 0 Å². The van der Waals surface area contributed by atoms with Gasteiger partial charge in [-0.05, 0) is 60.2 Å². The highest BCUT2D eigenvalue weighted by Crippen LogP contribution is 2.65. The zero-order valence-corrected chi connectivity index (χ0v) is 22.6. The van der Waals surface area contributed by atoms with Crippen molar-refractivity contribution in [2.75, 3.05) is 16.0 Å². The van der Waals surface area contributed by atoms with E-state index in [0.29, 0.717) is 21.3 Å². The minimum absolute atomic E-state index is 0.0271. The third-order valence-electron chi connectivity index (χ3n) is 5.59. The molecule has 3 aromatic rings. The Kier molecular flexibility index (Phi) is 7.93. The molecule has 3 amide bonds. The molecule has 3 N–H and O–H groups in total. The van der Waals surface area contributed by atoms with E-state index in [1.165, 1.54) is 37.3 Å². The molecule has 0 aliphatic heterocycles. The van der Waals surface area contributed by atoms with Gasteiger partial charge in [0.2, 0.25) is 11.8 Å². The molecule has 6 nitrogen and oxygen atoms in total. The highest BCUT2D eigenvalue weighted by atomic mass is 35.5. The summed E-state index contributed by atoms with van der Waals surface area (Å²) >= 11 is 31.1. The summed E-state index contributed by atoms with van der Waals surface area (Å²) in [5, 5.41) is 8.43. The van der Waals surface area contributed by atoms with Gasteiger partial charge in [0.25, 0.3) is 5.91 Å². The Morgan fingerprint density at radius 3 is 2.11 bits per heavy atom. The molecule has 0 spiro atoms. The van der Waals surface area contributed by atoms with Crippen molar-refractivity contribution in [1.82, 2.24) is 0 Å². The van der Waals surface area contributed by atoms with E-state index in [1.54, 1.807) is 18.2 Å². The summed E-state index contributed by atoms with van der Waals surface area (Å²) in [4.78, 5) is 37.2. The predicted octanol–water partition coefficient (Wildman–Crippen LogP) is 7.52. The van der Waals surface area contributed by atoms with Crippen LogP contribution in [-0.4, -0.2) is 22.1 Å². The molecule has 0 radical (unpaired) electrons. The molecule has 1 saturated carbocycles. The topological polar surface area (TPSA) is 87.3 Å². The van der Waals surface area contributed by atoms with E-state index in [4.69, 9.17) is 58.0 Å². The van der Waals surface area contributed by atoms with Gasteiger partial charge in [-0.2, -0.15) is 0 Å². The van der Waals surface area contributed by atoms with Gasteiger partial charge in [0.1, 0.15) is 10.2 Å². The molecule has 0 bridgehead atoms. The fraction of sp³-hybridized carbons (Fsp3) is 0.160. The van der Waals surface area contributed by atoms with E-state index in [9.17, 15) is 18.8 Å². The molecule has 1 fully saturated rings. The van der Waals surface area contributed by atoms with Crippen molar-refractivity contribution in [1.29, 1.82) is 0 Å². The van der Waals surface area contributed by atoms with E-state index < -0.39 is 33.8 Å². The van der Waals surface area contributed by atoms with Crippen molar-refractivity contribution in [3.05, 3.63) is 86.6 Å². The van der Waals surface area contributed by atoms with Crippen LogP contribution in [0.2, 0.25) is 15.1 Å². The van der Waals surface area contributed by atoms with Crippen molar-refractivity contribution < 1.29 is 18.8 Å². The van der Waals surface area contributed by atoms with E-state index in [2.05, 4.69) is 16.0 Å². The Labute approximate surface area is 236 Å². The van der Waals surface area contributed by atoms with Gasteiger partial charge in [-0.15, -0.1) is 23.2 Å². The van der Waals surface area contributed by atoms with Crippen LogP contribution in [0.3, 0.4) is 0 Å². The first-order valence-electron chi connectivity index (χ1n) is 10.7. The van der Waals surface area contributed by atoms with E-state index >= 15 is 0 Å². The van der Waals surface area contributed by atoms with Gasteiger partial charge in [0, 0.05) is 34.3 Å². The molecular formula is C25H17Cl5FN3O3. The Balaban J connectivity index is 1.51. The van der Waals surface area contributed by atoms with E-state index in [-0.39, 0.29) is 27.9 Å². The second-order valence-electron chi connectivity index (χ2n) is 8.35. The summed E-state index contributed by atoms with van der Waals surface area (Å²) in [6, 6.07) is 12.8. The maximum absolute atomic E-state index is 14.3. The monoisotopic (exact) mass is 601 g/mol. The second kappa shape index (κ2) is 10.7. The fourth-order valence-corrected chi connectivity index (χ4v) is 5.49. The highest BCUT2D eigenvalue weighted by Gasteiger charge is 2.67. The number of nitrogens with one attached hydrogen (secondary N) is 3. The normalized spacial score (nSPS) is 17.6. The number of amides is 3. The molecule has 1 aliphatic rings. The predicted molar refractivity (Wildman–Crippen MR) is 146 cm³/mol. The van der Waals surface area contributed by atoms with Gasteiger partial charge in [-0.25, -0.2) is 4.39 Å². The Morgan fingerprint density at radius 1 is 0.838 bits per heavy atom. The molecule has 0 heterocycles. The first-order valence-corrected chi connectivity index (χ1v) is 12.6. The Morgan fingerprint density at radius 2 is 1.46 bits per heavy atom. The molecule has 2 atom stereocenters. The van der Waals surface area contributed by atoms with Gasteiger partial charge < -0.3 is 16.0 Å². The van der Waals surface area contributed by atoms with Crippen molar-refractivity contribution in [2.45, 2.75) is 17.2 Å². The average Bonchev–Trinajstić information content (AvgIpc) is 3.38. The number of alkyl halides is 2. The highest BCUT2D eigenvalue weighted by molar-refractivity contribution is 6.53. The number of benzene rings is 3. The van der Waals surface area contributed by atoms with Crippen molar-refractivity contribution in [2.24, 2.45) is 5.92 Å². The lowest BCUT2D eigenvalue weighted by Gasteiger charge is -2.12. The fourth-order valence-electron chi connectivity index (χ4n) is 3.91. The molecular weight excluding hydrogens is 587 g/mol. The van der Waals surface area contributed by atoms with Crippen LogP contribution in [-0.2, 0) is 9.59 Å².